The van der Waals surface area contributed by atoms with Gasteiger partial charge in [0, 0.05) is 11.3 Å². The van der Waals surface area contributed by atoms with Crippen LogP contribution in [-0.2, 0) is 0 Å². The number of hydrogen-bond acceptors (Lipinski definition) is 3. The largest absolute Gasteiger partial charge is 0.362 e. The Morgan fingerprint density at radius 2 is 2.11 bits per heavy atom. The second kappa shape index (κ2) is 6.51. The molecule has 0 spiro atoms. The average Bonchev–Trinajstić information content (AvgIpc) is 2.78. The van der Waals surface area contributed by atoms with Crippen LogP contribution in [0.2, 0.25) is 0 Å². The Hall–Kier alpha value is -0.180. The van der Waals surface area contributed by atoms with Crippen molar-refractivity contribution in [1.82, 2.24) is 5.32 Å². The van der Waals surface area contributed by atoms with Gasteiger partial charge < -0.3 is 5.32 Å². The van der Waals surface area contributed by atoms with E-state index in [-0.39, 0.29) is 0 Å². The standard InChI is InChI=1S/C16H30N2S/c1-5-12(6-2)14-11-17-15(19-14)18-13-8-7-9-16(3,4)10-13/h12-14H,5-11H2,1-4H3,(H,17,18). The monoisotopic (exact) mass is 282 g/mol. The fourth-order valence-electron chi connectivity index (χ4n) is 3.53. The summed E-state index contributed by atoms with van der Waals surface area (Å²) in [6.07, 6.45) is 7.92. The van der Waals surface area contributed by atoms with Gasteiger partial charge in [-0.15, -0.1) is 0 Å². The lowest BCUT2D eigenvalue weighted by molar-refractivity contribution is 0.211. The molecule has 0 saturated heterocycles. The number of nitrogens with zero attached hydrogens (tertiary/aromatic N) is 1. The van der Waals surface area contributed by atoms with Crippen molar-refractivity contribution in [2.75, 3.05) is 6.54 Å². The smallest absolute Gasteiger partial charge is 0.157 e. The van der Waals surface area contributed by atoms with Crippen LogP contribution in [0.15, 0.2) is 4.99 Å². The van der Waals surface area contributed by atoms with Gasteiger partial charge in [0.1, 0.15) is 0 Å². The highest BCUT2D eigenvalue weighted by Gasteiger charge is 2.31. The molecule has 19 heavy (non-hydrogen) atoms. The van der Waals surface area contributed by atoms with E-state index < -0.39 is 0 Å². The van der Waals surface area contributed by atoms with Crippen LogP contribution in [0.1, 0.15) is 66.2 Å². The van der Waals surface area contributed by atoms with Crippen LogP contribution in [0.25, 0.3) is 0 Å². The Bertz CT molecular complexity index is 321. The van der Waals surface area contributed by atoms with Gasteiger partial charge in [0.15, 0.2) is 5.17 Å². The Kier molecular flexibility index (Phi) is 5.22. The summed E-state index contributed by atoms with van der Waals surface area (Å²) in [7, 11) is 0. The molecule has 1 aliphatic heterocycles. The molecule has 0 radical (unpaired) electrons. The number of amidine groups is 1. The minimum Gasteiger partial charge on any atom is -0.362 e. The summed E-state index contributed by atoms with van der Waals surface area (Å²) in [6, 6.07) is 0.649. The lowest BCUT2D eigenvalue weighted by atomic mass is 9.75. The van der Waals surface area contributed by atoms with Gasteiger partial charge in [-0.2, -0.15) is 0 Å². The summed E-state index contributed by atoms with van der Waals surface area (Å²) in [5, 5.41) is 5.66. The Balaban J connectivity index is 1.81. The molecule has 0 aromatic rings. The Labute approximate surface area is 123 Å². The van der Waals surface area contributed by atoms with Crippen LogP contribution in [0.5, 0.6) is 0 Å². The lowest BCUT2D eigenvalue weighted by Crippen LogP contribution is -2.39. The van der Waals surface area contributed by atoms with E-state index in [9.17, 15) is 0 Å². The van der Waals surface area contributed by atoms with Crippen molar-refractivity contribution in [3.63, 3.8) is 0 Å². The highest BCUT2D eigenvalue weighted by Crippen LogP contribution is 2.36. The first-order valence-electron chi connectivity index (χ1n) is 8.01. The molecule has 1 saturated carbocycles. The topological polar surface area (TPSA) is 24.4 Å². The maximum Gasteiger partial charge on any atom is 0.157 e. The SMILES string of the molecule is CCC(CC)C1CN=C(NC2CCCC(C)(C)C2)S1. The molecule has 3 heteroatoms. The number of thioether (sulfide) groups is 1. The predicted molar refractivity (Wildman–Crippen MR) is 86.9 cm³/mol. The number of rotatable bonds is 4. The third kappa shape index (κ3) is 4.14. The summed E-state index contributed by atoms with van der Waals surface area (Å²) in [6.45, 7) is 10.4. The molecule has 1 heterocycles. The van der Waals surface area contributed by atoms with Gasteiger partial charge in [-0.25, -0.2) is 0 Å². The van der Waals surface area contributed by atoms with E-state index >= 15 is 0 Å². The van der Waals surface area contributed by atoms with E-state index in [0.29, 0.717) is 16.7 Å². The summed E-state index contributed by atoms with van der Waals surface area (Å²) in [5.74, 6) is 0.829. The average molecular weight is 282 g/mol. The van der Waals surface area contributed by atoms with Crippen molar-refractivity contribution in [3.8, 4) is 0 Å². The molecule has 1 aliphatic carbocycles. The van der Waals surface area contributed by atoms with Gasteiger partial charge in [-0.1, -0.05) is 58.7 Å². The van der Waals surface area contributed by atoms with E-state index in [1.54, 1.807) is 0 Å². The molecular formula is C16H30N2S. The molecule has 2 rings (SSSR count). The van der Waals surface area contributed by atoms with Crippen molar-refractivity contribution in [2.24, 2.45) is 16.3 Å². The van der Waals surface area contributed by atoms with E-state index in [2.05, 4.69) is 33.0 Å². The van der Waals surface area contributed by atoms with Crippen LogP contribution in [-0.4, -0.2) is 23.0 Å². The molecule has 0 bridgehead atoms. The van der Waals surface area contributed by atoms with E-state index in [4.69, 9.17) is 4.99 Å². The number of hydrogen-bond donors (Lipinski definition) is 1. The van der Waals surface area contributed by atoms with Gasteiger partial charge in [0.05, 0.1) is 6.54 Å². The van der Waals surface area contributed by atoms with Crippen LogP contribution in [0.3, 0.4) is 0 Å². The van der Waals surface area contributed by atoms with Crippen molar-refractivity contribution in [3.05, 3.63) is 0 Å². The zero-order valence-corrected chi connectivity index (χ0v) is 13.9. The molecular weight excluding hydrogens is 252 g/mol. The number of nitrogens with one attached hydrogen (secondary N) is 1. The molecule has 2 atom stereocenters. The van der Waals surface area contributed by atoms with Gasteiger partial charge in [-0.05, 0) is 30.6 Å². The molecule has 2 aliphatic rings. The third-order valence-corrected chi connectivity index (χ3v) is 6.09. The predicted octanol–water partition coefficient (Wildman–Crippen LogP) is 4.45. The van der Waals surface area contributed by atoms with Gasteiger partial charge in [-0.3, -0.25) is 4.99 Å². The second-order valence-electron chi connectivity index (χ2n) is 6.98. The van der Waals surface area contributed by atoms with Gasteiger partial charge in [0.2, 0.25) is 0 Å². The highest BCUT2D eigenvalue weighted by molar-refractivity contribution is 8.14. The summed E-state index contributed by atoms with van der Waals surface area (Å²) < 4.78 is 0. The molecule has 2 unspecified atom stereocenters. The molecule has 1 fully saturated rings. The minimum atomic E-state index is 0.508. The highest BCUT2D eigenvalue weighted by atomic mass is 32.2. The maximum absolute atomic E-state index is 4.74. The molecule has 110 valence electrons. The number of aliphatic imine (C=N–C) groups is 1. The fourth-order valence-corrected chi connectivity index (χ4v) is 4.92. The van der Waals surface area contributed by atoms with E-state index in [1.165, 1.54) is 43.7 Å². The van der Waals surface area contributed by atoms with Crippen molar-refractivity contribution >= 4 is 16.9 Å². The van der Waals surface area contributed by atoms with Crippen LogP contribution >= 0.6 is 11.8 Å². The lowest BCUT2D eigenvalue weighted by Gasteiger charge is -2.35. The van der Waals surface area contributed by atoms with Crippen molar-refractivity contribution < 1.29 is 0 Å². The molecule has 0 aromatic carbocycles. The first kappa shape index (κ1) is 15.2. The zero-order chi connectivity index (χ0) is 13.9. The molecule has 0 amide bonds. The van der Waals surface area contributed by atoms with Crippen LogP contribution in [0, 0.1) is 11.3 Å². The summed E-state index contributed by atoms with van der Waals surface area (Å²) in [5.41, 5.74) is 0.508. The zero-order valence-electron chi connectivity index (χ0n) is 13.0. The van der Waals surface area contributed by atoms with Gasteiger partial charge >= 0.3 is 0 Å². The maximum atomic E-state index is 4.74. The molecule has 2 nitrogen and oxygen atoms in total. The van der Waals surface area contributed by atoms with Crippen LogP contribution < -0.4 is 5.32 Å². The first-order valence-corrected chi connectivity index (χ1v) is 8.89. The third-order valence-electron chi connectivity index (χ3n) is 4.79. The van der Waals surface area contributed by atoms with Gasteiger partial charge in [0.25, 0.3) is 0 Å². The second-order valence-corrected chi connectivity index (χ2v) is 8.21. The quantitative estimate of drug-likeness (QED) is 0.823. The van der Waals surface area contributed by atoms with E-state index in [0.717, 1.165) is 12.5 Å². The minimum absolute atomic E-state index is 0.508. The Morgan fingerprint density at radius 3 is 2.74 bits per heavy atom. The molecule has 0 aromatic heterocycles. The summed E-state index contributed by atoms with van der Waals surface area (Å²) >= 11 is 2.00. The Morgan fingerprint density at radius 1 is 1.37 bits per heavy atom. The normalized spacial score (nSPS) is 30.5. The van der Waals surface area contributed by atoms with Crippen molar-refractivity contribution in [1.29, 1.82) is 0 Å². The molecule has 1 N–H and O–H groups in total. The summed E-state index contributed by atoms with van der Waals surface area (Å²) in [4.78, 5) is 4.74. The van der Waals surface area contributed by atoms with Crippen molar-refractivity contribution in [2.45, 2.75) is 77.5 Å². The fraction of sp³-hybridized carbons (Fsp3) is 0.938. The first-order chi connectivity index (χ1) is 9.04. The van der Waals surface area contributed by atoms with Crippen LogP contribution in [0.4, 0.5) is 0 Å². The van der Waals surface area contributed by atoms with E-state index in [1.807, 2.05) is 11.8 Å².